The molecule has 5 aliphatic carbocycles. The Balaban J connectivity index is 1.38. The largest absolute Gasteiger partial charge is 0.458 e. The molecule has 0 aromatic carbocycles. The molecular weight excluding hydrogens is 338 g/mol. The van der Waals surface area contributed by atoms with Crippen molar-refractivity contribution in [2.24, 2.45) is 52.0 Å². The first kappa shape index (κ1) is 16.6. The predicted molar refractivity (Wildman–Crippen MR) is 101 cm³/mol. The van der Waals surface area contributed by atoms with Gasteiger partial charge in [-0.15, -0.1) is 0 Å². The van der Waals surface area contributed by atoms with Gasteiger partial charge in [0.25, 0.3) is 0 Å². The van der Waals surface area contributed by atoms with Crippen LogP contribution in [0.2, 0.25) is 0 Å². The maximum atomic E-state index is 12.1. The van der Waals surface area contributed by atoms with Crippen LogP contribution in [0.5, 0.6) is 0 Å². The van der Waals surface area contributed by atoms with Gasteiger partial charge in [0, 0.05) is 17.8 Å². The third-order valence-electron chi connectivity index (χ3n) is 9.90. The summed E-state index contributed by atoms with van der Waals surface area (Å²) in [7, 11) is 0. The van der Waals surface area contributed by atoms with Crippen LogP contribution in [0, 0.1) is 46.8 Å². The number of carbonyl (C=O) groups excluding carboxylic acids is 1. The number of rotatable bonds is 0. The van der Waals surface area contributed by atoms with Crippen LogP contribution in [0.3, 0.4) is 0 Å². The van der Waals surface area contributed by atoms with E-state index in [0.717, 1.165) is 55.1 Å². The topological polar surface area (TPSA) is 58.9 Å². The zero-order valence-corrected chi connectivity index (χ0v) is 16.5. The van der Waals surface area contributed by atoms with E-state index in [2.05, 4.69) is 25.1 Å². The molecule has 4 saturated carbocycles. The Morgan fingerprint density at radius 3 is 2.81 bits per heavy atom. The second-order valence-electron chi connectivity index (χ2n) is 10.7. The molecule has 0 aromatic heterocycles. The monoisotopic (exact) mass is 369 g/mol. The minimum Gasteiger partial charge on any atom is -0.458 e. The first-order chi connectivity index (χ1) is 13.0. The summed E-state index contributed by atoms with van der Waals surface area (Å²) < 4.78 is 6.19. The van der Waals surface area contributed by atoms with Crippen LogP contribution in [-0.4, -0.2) is 22.5 Å². The average molecular weight is 370 g/mol. The molecule has 6 rings (SSSR count). The van der Waals surface area contributed by atoms with Gasteiger partial charge in [0.1, 0.15) is 5.60 Å². The van der Waals surface area contributed by atoms with Crippen LogP contribution >= 0.6 is 0 Å². The Bertz CT molecular complexity index is 772. The molecule has 3 unspecified atom stereocenters. The molecule has 6 aliphatic rings. The van der Waals surface area contributed by atoms with Gasteiger partial charge in [-0.3, -0.25) is 4.79 Å². The highest BCUT2D eigenvalue weighted by Gasteiger charge is 2.78. The minimum atomic E-state index is -0.135. The summed E-state index contributed by atoms with van der Waals surface area (Å²) in [5.74, 6) is 5.11. The molecule has 1 aliphatic heterocycles. The van der Waals surface area contributed by atoms with Crippen LogP contribution in [-0.2, 0) is 9.53 Å². The van der Waals surface area contributed by atoms with Crippen LogP contribution in [0.1, 0.15) is 65.2 Å². The van der Waals surface area contributed by atoms with Gasteiger partial charge in [0.05, 0.1) is 5.71 Å². The molecule has 9 atom stereocenters. The molecule has 4 heteroatoms. The Hall–Kier alpha value is -1.32. The smallest absolute Gasteiger partial charge is 0.306 e. The van der Waals surface area contributed by atoms with Gasteiger partial charge in [-0.25, -0.2) is 0 Å². The number of nitrogens with zero attached hydrogens (tertiary/aromatic N) is 1. The molecule has 0 radical (unpaired) electrons. The van der Waals surface area contributed by atoms with E-state index in [0.29, 0.717) is 24.2 Å². The molecule has 0 amide bonds. The van der Waals surface area contributed by atoms with E-state index in [1.165, 1.54) is 19.3 Å². The normalized spacial score (nSPS) is 56.8. The van der Waals surface area contributed by atoms with Crippen LogP contribution in [0.25, 0.3) is 0 Å². The van der Waals surface area contributed by atoms with E-state index < -0.39 is 0 Å². The van der Waals surface area contributed by atoms with Gasteiger partial charge in [-0.05, 0) is 86.5 Å². The number of esters is 1. The van der Waals surface area contributed by atoms with Crippen molar-refractivity contribution in [2.75, 3.05) is 0 Å². The molecular formula is C23H31NO3. The van der Waals surface area contributed by atoms with E-state index in [-0.39, 0.29) is 17.0 Å². The molecule has 1 spiro atoms. The summed E-state index contributed by atoms with van der Waals surface area (Å²) in [5.41, 5.74) is 2.46. The molecule has 0 aromatic rings. The number of hydrogen-bond donors (Lipinski definition) is 1. The highest BCUT2D eigenvalue weighted by molar-refractivity contribution is 5.96. The lowest BCUT2D eigenvalue weighted by atomic mass is 9.47. The predicted octanol–water partition coefficient (Wildman–Crippen LogP) is 4.57. The van der Waals surface area contributed by atoms with Crippen molar-refractivity contribution >= 4 is 11.7 Å². The maximum absolute atomic E-state index is 12.1. The SMILES string of the molecule is C[C@@H]1CC2=C/C(=N/O)CC[C@@H]2C2CC[C@@]3(C)C(C21)[C@H]1C[C@H]1[C@@]31CCC(=O)O1. The van der Waals surface area contributed by atoms with Crippen molar-refractivity contribution in [3.8, 4) is 0 Å². The molecule has 27 heavy (non-hydrogen) atoms. The summed E-state index contributed by atoms with van der Waals surface area (Å²) in [6.45, 7) is 4.93. The summed E-state index contributed by atoms with van der Waals surface area (Å²) >= 11 is 0. The third-order valence-corrected chi connectivity index (χ3v) is 9.90. The van der Waals surface area contributed by atoms with Crippen molar-refractivity contribution in [3.63, 3.8) is 0 Å². The lowest BCUT2D eigenvalue weighted by Crippen LogP contribution is -2.56. The van der Waals surface area contributed by atoms with Crippen LogP contribution < -0.4 is 0 Å². The standard InChI is InChI=1S/C23H31NO3/c1-12-9-13-10-14(24-26)3-4-15(13)16-5-7-22(2)21(20(12)16)17-11-18(17)23(22)8-6-19(25)27-23/h10,12,15-18,20-21,26H,3-9,11H2,1-2H3/b24-14+/t12-,15+,16?,17+,18-,20?,21?,22+,23+/m1/s1. The molecule has 5 fully saturated rings. The van der Waals surface area contributed by atoms with Crippen LogP contribution in [0.4, 0.5) is 0 Å². The highest BCUT2D eigenvalue weighted by Crippen LogP contribution is 2.78. The number of allylic oxidation sites excluding steroid dienone is 2. The molecule has 1 heterocycles. The van der Waals surface area contributed by atoms with Crippen molar-refractivity contribution in [3.05, 3.63) is 11.6 Å². The first-order valence-electron chi connectivity index (χ1n) is 11.1. The van der Waals surface area contributed by atoms with E-state index in [9.17, 15) is 10.0 Å². The fourth-order valence-electron chi connectivity index (χ4n) is 9.01. The molecule has 1 saturated heterocycles. The Kier molecular flexibility index (Phi) is 3.19. The zero-order chi connectivity index (χ0) is 18.6. The second kappa shape index (κ2) is 5.18. The maximum Gasteiger partial charge on any atom is 0.306 e. The minimum absolute atomic E-state index is 0.0506. The third kappa shape index (κ3) is 1.90. The number of fused-ring (bicyclic) bond motifs is 9. The van der Waals surface area contributed by atoms with Gasteiger partial charge in [0.15, 0.2) is 0 Å². The highest BCUT2D eigenvalue weighted by atomic mass is 16.6. The van der Waals surface area contributed by atoms with E-state index >= 15 is 0 Å². The van der Waals surface area contributed by atoms with Gasteiger partial charge >= 0.3 is 5.97 Å². The number of oxime groups is 1. The van der Waals surface area contributed by atoms with Gasteiger partial charge in [0.2, 0.25) is 0 Å². The fourth-order valence-corrected chi connectivity index (χ4v) is 9.01. The number of carbonyl (C=O) groups is 1. The van der Waals surface area contributed by atoms with Crippen LogP contribution in [0.15, 0.2) is 16.8 Å². The van der Waals surface area contributed by atoms with Gasteiger partial charge < -0.3 is 9.94 Å². The van der Waals surface area contributed by atoms with Crippen molar-refractivity contribution < 1.29 is 14.7 Å². The summed E-state index contributed by atoms with van der Waals surface area (Å²) in [6.07, 6.45) is 10.8. The summed E-state index contributed by atoms with van der Waals surface area (Å²) in [4.78, 5) is 12.1. The van der Waals surface area contributed by atoms with Crippen molar-refractivity contribution in [1.82, 2.24) is 0 Å². The lowest BCUT2D eigenvalue weighted by Gasteiger charge is -2.59. The average Bonchev–Trinajstić information content (AvgIpc) is 3.30. The first-order valence-corrected chi connectivity index (χ1v) is 11.1. The Labute approximate surface area is 161 Å². The quantitative estimate of drug-likeness (QED) is 0.387. The van der Waals surface area contributed by atoms with E-state index in [1.807, 2.05) is 0 Å². The van der Waals surface area contributed by atoms with Gasteiger partial charge in [-0.2, -0.15) is 0 Å². The molecule has 4 nitrogen and oxygen atoms in total. The molecule has 146 valence electrons. The summed E-state index contributed by atoms with van der Waals surface area (Å²) in [6, 6.07) is 0. The fraction of sp³-hybridized carbons (Fsp3) is 0.826. The lowest BCUT2D eigenvalue weighted by molar-refractivity contribution is -0.176. The molecule has 0 bridgehead atoms. The van der Waals surface area contributed by atoms with Gasteiger partial charge in [-0.1, -0.05) is 24.6 Å². The van der Waals surface area contributed by atoms with E-state index in [4.69, 9.17) is 4.74 Å². The van der Waals surface area contributed by atoms with Crippen molar-refractivity contribution in [1.29, 1.82) is 0 Å². The van der Waals surface area contributed by atoms with Crippen molar-refractivity contribution in [2.45, 2.75) is 70.8 Å². The van der Waals surface area contributed by atoms with E-state index in [1.54, 1.807) is 5.57 Å². The number of ether oxygens (including phenoxy) is 1. The molecule has 1 N–H and O–H groups in total. The Morgan fingerprint density at radius 1 is 1.22 bits per heavy atom. The Morgan fingerprint density at radius 2 is 2.07 bits per heavy atom. The second-order valence-corrected chi connectivity index (χ2v) is 10.7. The zero-order valence-electron chi connectivity index (χ0n) is 16.5. The number of hydrogen-bond acceptors (Lipinski definition) is 4. The summed E-state index contributed by atoms with van der Waals surface area (Å²) in [5, 5.41) is 12.7.